The van der Waals surface area contributed by atoms with Gasteiger partial charge in [0.25, 0.3) is 0 Å². The molecule has 1 heterocycles. The fourth-order valence-electron chi connectivity index (χ4n) is 2.77. The van der Waals surface area contributed by atoms with Crippen molar-refractivity contribution in [3.63, 3.8) is 0 Å². The molecule has 0 spiro atoms. The van der Waals surface area contributed by atoms with Crippen LogP contribution < -0.4 is 5.32 Å². The van der Waals surface area contributed by atoms with Gasteiger partial charge in [-0.05, 0) is 38.2 Å². The summed E-state index contributed by atoms with van der Waals surface area (Å²) in [5.41, 5.74) is 1.35. The van der Waals surface area contributed by atoms with E-state index in [4.69, 9.17) is 4.52 Å². The topological polar surface area (TPSA) is 51.0 Å². The van der Waals surface area contributed by atoms with Gasteiger partial charge in [-0.3, -0.25) is 5.32 Å². The third-order valence-electron chi connectivity index (χ3n) is 4.12. The standard InChI is InChI=1S/C16H21N3O/c1-11(16-18-12(2)19-20-16)17-15(14-9-6-10-14)13-7-4-3-5-8-13/h3-5,7-8,11,14-15,17H,6,9-10H2,1-2H3. The van der Waals surface area contributed by atoms with Gasteiger partial charge < -0.3 is 4.52 Å². The van der Waals surface area contributed by atoms with E-state index < -0.39 is 0 Å². The second-order valence-corrected chi connectivity index (χ2v) is 5.65. The molecule has 106 valence electrons. The molecule has 0 aliphatic heterocycles. The fraction of sp³-hybridized carbons (Fsp3) is 0.500. The first-order valence-electron chi connectivity index (χ1n) is 7.35. The summed E-state index contributed by atoms with van der Waals surface area (Å²) in [6.07, 6.45) is 3.92. The van der Waals surface area contributed by atoms with Crippen molar-refractivity contribution in [1.82, 2.24) is 15.5 Å². The minimum absolute atomic E-state index is 0.0713. The molecular weight excluding hydrogens is 250 g/mol. The quantitative estimate of drug-likeness (QED) is 0.903. The van der Waals surface area contributed by atoms with Crippen LogP contribution in [-0.2, 0) is 0 Å². The molecule has 2 unspecified atom stereocenters. The Labute approximate surface area is 119 Å². The van der Waals surface area contributed by atoms with Crippen LogP contribution in [0.1, 0.15) is 55.5 Å². The zero-order valence-electron chi connectivity index (χ0n) is 12.0. The molecular formula is C16H21N3O. The Morgan fingerprint density at radius 2 is 2.00 bits per heavy atom. The second-order valence-electron chi connectivity index (χ2n) is 5.65. The lowest BCUT2D eigenvalue weighted by Gasteiger charge is -2.36. The highest BCUT2D eigenvalue weighted by Gasteiger charge is 2.30. The van der Waals surface area contributed by atoms with Gasteiger partial charge in [-0.1, -0.05) is 41.9 Å². The van der Waals surface area contributed by atoms with E-state index in [2.05, 4.69) is 52.7 Å². The molecule has 1 aliphatic carbocycles. The molecule has 4 nitrogen and oxygen atoms in total. The molecule has 1 fully saturated rings. The Hall–Kier alpha value is -1.68. The minimum atomic E-state index is 0.0713. The summed E-state index contributed by atoms with van der Waals surface area (Å²) in [7, 11) is 0. The molecule has 3 rings (SSSR count). The van der Waals surface area contributed by atoms with E-state index in [9.17, 15) is 0 Å². The largest absolute Gasteiger partial charge is 0.338 e. The lowest BCUT2D eigenvalue weighted by molar-refractivity contribution is 0.207. The molecule has 4 heteroatoms. The fourth-order valence-corrected chi connectivity index (χ4v) is 2.77. The normalized spacial score (nSPS) is 18.5. The van der Waals surface area contributed by atoms with Crippen molar-refractivity contribution < 1.29 is 4.52 Å². The first-order chi connectivity index (χ1) is 9.74. The van der Waals surface area contributed by atoms with Gasteiger partial charge in [0.05, 0.1) is 6.04 Å². The van der Waals surface area contributed by atoms with E-state index in [0.29, 0.717) is 23.7 Å². The molecule has 0 saturated heterocycles. The SMILES string of the molecule is Cc1noc(C(C)NC(c2ccccc2)C2CCC2)n1. The number of aryl methyl sites for hydroxylation is 1. The van der Waals surface area contributed by atoms with Crippen molar-refractivity contribution in [3.05, 3.63) is 47.6 Å². The van der Waals surface area contributed by atoms with Crippen LogP contribution in [0.25, 0.3) is 0 Å². The molecule has 20 heavy (non-hydrogen) atoms. The Kier molecular flexibility index (Phi) is 3.83. The predicted octanol–water partition coefficient (Wildman–Crippen LogP) is 3.57. The first kappa shape index (κ1) is 13.3. The summed E-state index contributed by atoms with van der Waals surface area (Å²) in [6, 6.07) is 11.1. The van der Waals surface area contributed by atoms with Gasteiger partial charge in [-0.15, -0.1) is 0 Å². The zero-order valence-corrected chi connectivity index (χ0v) is 12.0. The molecule has 2 aromatic rings. The highest BCUT2D eigenvalue weighted by molar-refractivity contribution is 5.20. The Morgan fingerprint density at radius 3 is 2.55 bits per heavy atom. The molecule has 0 amide bonds. The number of aromatic nitrogens is 2. The maximum atomic E-state index is 5.27. The number of rotatable bonds is 5. The van der Waals surface area contributed by atoms with Crippen molar-refractivity contribution in [2.75, 3.05) is 0 Å². The van der Waals surface area contributed by atoms with E-state index in [-0.39, 0.29) is 6.04 Å². The monoisotopic (exact) mass is 271 g/mol. The number of hydrogen-bond donors (Lipinski definition) is 1. The third kappa shape index (κ3) is 2.75. The number of benzene rings is 1. The van der Waals surface area contributed by atoms with Crippen molar-refractivity contribution in [1.29, 1.82) is 0 Å². The summed E-state index contributed by atoms with van der Waals surface area (Å²) >= 11 is 0. The summed E-state index contributed by atoms with van der Waals surface area (Å²) in [6.45, 7) is 3.93. The van der Waals surface area contributed by atoms with Gasteiger partial charge in [0.15, 0.2) is 5.82 Å². The number of hydrogen-bond acceptors (Lipinski definition) is 4. The van der Waals surface area contributed by atoms with Crippen LogP contribution in [0.4, 0.5) is 0 Å². The van der Waals surface area contributed by atoms with E-state index in [1.54, 1.807) is 0 Å². The Morgan fingerprint density at radius 1 is 1.25 bits per heavy atom. The lowest BCUT2D eigenvalue weighted by Crippen LogP contribution is -2.34. The van der Waals surface area contributed by atoms with Crippen LogP contribution >= 0.6 is 0 Å². The van der Waals surface area contributed by atoms with Gasteiger partial charge in [0.2, 0.25) is 5.89 Å². The average molecular weight is 271 g/mol. The Balaban J connectivity index is 1.76. The second kappa shape index (κ2) is 5.75. The Bertz CT molecular complexity index is 548. The average Bonchev–Trinajstić information content (AvgIpc) is 2.84. The molecule has 1 aromatic carbocycles. The molecule has 1 N–H and O–H groups in total. The van der Waals surface area contributed by atoms with Crippen LogP contribution in [0.3, 0.4) is 0 Å². The highest BCUT2D eigenvalue weighted by Crippen LogP contribution is 2.38. The van der Waals surface area contributed by atoms with E-state index in [1.807, 2.05) is 6.92 Å². The third-order valence-corrected chi connectivity index (χ3v) is 4.12. The van der Waals surface area contributed by atoms with Gasteiger partial charge in [-0.2, -0.15) is 4.98 Å². The maximum Gasteiger partial charge on any atom is 0.243 e. The molecule has 0 bridgehead atoms. The number of nitrogens with one attached hydrogen (secondary N) is 1. The molecule has 1 aliphatic rings. The first-order valence-corrected chi connectivity index (χ1v) is 7.35. The van der Waals surface area contributed by atoms with Crippen LogP contribution in [0.2, 0.25) is 0 Å². The van der Waals surface area contributed by atoms with E-state index in [1.165, 1.54) is 24.8 Å². The highest BCUT2D eigenvalue weighted by atomic mass is 16.5. The van der Waals surface area contributed by atoms with Gasteiger partial charge in [0.1, 0.15) is 0 Å². The smallest absolute Gasteiger partial charge is 0.243 e. The summed E-state index contributed by atoms with van der Waals surface area (Å²) < 4.78 is 5.27. The van der Waals surface area contributed by atoms with Crippen LogP contribution in [0.5, 0.6) is 0 Å². The minimum Gasteiger partial charge on any atom is -0.338 e. The summed E-state index contributed by atoms with van der Waals surface area (Å²) in [5, 5.41) is 7.54. The van der Waals surface area contributed by atoms with Crippen molar-refractivity contribution in [2.45, 2.75) is 45.2 Å². The molecule has 0 radical (unpaired) electrons. The summed E-state index contributed by atoms with van der Waals surface area (Å²) in [5.74, 6) is 2.07. The van der Waals surface area contributed by atoms with Crippen molar-refractivity contribution in [2.24, 2.45) is 5.92 Å². The molecule has 2 atom stereocenters. The van der Waals surface area contributed by atoms with Gasteiger partial charge >= 0.3 is 0 Å². The van der Waals surface area contributed by atoms with Crippen LogP contribution in [0, 0.1) is 12.8 Å². The maximum absolute atomic E-state index is 5.27. The lowest BCUT2D eigenvalue weighted by atomic mass is 9.77. The van der Waals surface area contributed by atoms with Crippen LogP contribution in [-0.4, -0.2) is 10.1 Å². The molecule has 1 aromatic heterocycles. The number of nitrogens with zero attached hydrogens (tertiary/aromatic N) is 2. The predicted molar refractivity (Wildman–Crippen MR) is 77.1 cm³/mol. The summed E-state index contributed by atoms with van der Waals surface area (Å²) in [4.78, 5) is 4.32. The van der Waals surface area contributed by atoms with Crippen LogP contribution in [0.15, 0.2) is 34.9 Å². The molecule has 1 saturated carbocycles. The van der Waals surface area contributed by atoms with E-state index >= 15 is 0 Å². The van der Waals surface area contributed by atoms with Gasteiger partial charge in [0, 0.05) is 6.04 Å². The van der Waals surface area contributed by atoms with Crippen molar-refractivity contribution >= 4 is 0 Å². The van der Waals surface area contributed by atoms with E-state index in [0.717, 1.165) is 0 Å². The van der Waals surface area contributed by atoms with Crippen molar-refractivity contribution in [3.8, 4) is 0 Å². The zero-order chi connectivity index (χ0) is 13.9. The van der Waals surface area contributed by atoms with Gasteiger partial charge in [-0.25, -0.2) is 0 Å².